The number of aryl methyl sites for hydroxylation is 1. The average Bonchev–Trinajstić information content (AvgIpc) is 2.94. The molecule has 2 heteroatoms. The van der Waals surface area contributed by atoms with Crippen molar-refractivity contribution in [3.8, 4) is 0 Å². The van der Waals surface area contributed by atoms with Gasteiger partial charge in [-0.3, -0.25) is 0 Å². The first kappa shape index (κ1) is 11.2. The maximum Gasteiger partial charge on any atom is 0.0417 e. The SMILES string of the molecule is CCCNC(CC1CC1)c1ccc(C)s1. The van der Waals surface area contributed by atoms with Crippen molar-refractivity contribution < 1.29 is 0 Å². The number of hydrogen-bond donors (Lipinski definition) is 1. The molecule has 1 saturated carbocycles. The van der Waals surface area contributed by atoms with Crippen LogP contribution in [0, 0.1) is 12.8 Å². The molecule has 1 aliphatic rings. The van der Waals surface area contributed by atoms with E-state index < -0.39 is 0 Å². The molecule has 84 valence electrons. The lowest BCUT2D eigenvalue weighted by atomic mass is 10.1. The fourth-order valence-corrected chi connectivity index (χ4v) is 2.91. The summed E-state index contributed by atoms with van der Waals surface area (Å²) in [5, 5.41) is 3.68. The predicted octanol–water partition coefficient (Wildman–Crippen LogP) is 3.90. The van der Waals surface area contributed by atoms with Gasteiger partial charge in [-0.25, -0.2) is 0 Å². The van der Waals surface area contributed by atoms with Crippen molar-refractivity contribution in [2.24, 2.45) is 5.92 Å². The number of nitrogens with one attached hydrogen (secondary N) is 1. The minimum atomic E-state index is 0.621. The quantitative estimate of drug-likeness (QED) is 0.771. The van der Waals surface area contributed by atoms with Gasteiger partial charge in [0.2, 0.25) is 0 Å². The molecule has 0 radical (unpaired) electrons. The molecule has 0 aliphatic heterocycles. The standard InChI is InChI=1S/C13H21NS/c1-3-8-14-12(9-11-5-6-11)13-7-4-10(2)15-13/h4,7,11-12,14H,3,5-6,8-9H2,1-2H3. The summed E-state index contributed by atoms with van der Waals surface area (Å²) >= 11 is 1.95. The zero-order valence-corrected chi connectivity index (χ0v) is 10.6. The highest BCUT2D eigenvalue weighted by Crippen LogP contribution is 2.39. The molecule has 1 fully saturated rings. The van der Waals surface area contributed by atoms with E-state index in [0.29, 0.717) is 6.04 Å². The highest BCUT2D eigenvalue weighted by molar-refractivity contribution is 7.12. The molecule has 0 bridgehead atoms. The second kappa shape index (κ2) is 5.13. The molecule has 15 heavy (non-hydrogen) atoms. The second-order valence-corrected chi connectivity index (χ2v) is 5.95. The minimum absolute atomic E-state index is 0.621. The van der Waals surface area contributed by atoms with E-state index >= 15 is 0 Å². The molecular formula is C13H21NS. The summed E-state index contributed by atoms with van der Waals surface area (Å²) in [6, 6.07) is 5.17. The summed E-state index contributed by atoms with van der Waals surface area (Å²) in [4.78, 5) is 2.97. The van der Waals surface area contributed by atoms with Gasteiger partial charge in [0.1, 0.15) is 0 Å². The van der Waals surface area contributed by atoms with Crippen molar-refractivity contribution in [1.29, 1.82) is 0 Å². The lowest BCUT2D eigenvalue weighted by Crippen LogP contribution is -2.21. The Bertz CT molecular complexity index is 301. The van der Waals surface area contributed by atoms with Crippen LogP contribution in [0.2, 0.25) is 0 Å². The average molecular weight is 223 g/mol. The Kier molecular flexibility index (Phi) is 3.81. The van der Waals surface area contributed by atoms with E-state index in [9.17, 15) is 0 Å². The molecule has 1 heterocycles. The molecule has 1 aromatic heterocycles. The molecular weight excluding hydrogens is 202 g/mol. The lowest BCUT2D eigenvalue weighted by molar-refractivity contribution is 0.480. The third-order valence-electron chi connectivity index (χ3n) is 3.01. The third-order valence-corrected chi connectivity index (χ3v) is 4.13. The van der Waals surface area contributed by atoms with E-state index in [4.69, 9.17) is 0 Å². The van der Waals surface area contributed by atoms with Crippen LogP contribution in [0.15, 0.2) is 12.1 Å². The van der Waals surface area contributed by atoms with Crippen LogP contribution >= 0.6 is 11.3 Å². The van der Waals surface area contributed by atoms with Crippen molar-refractivity contribution in [2.45, 2.75) is 45.6 Å². The lowest BCUT2D eigenvalue weighted by Gasteiger charge is -2.16. The van der Waals surface area contributed by atoms with Gasteiger partial charge in [0.15, 0.2) is 0 Å². The van der Waals surface area contributed by atoms with Crippen LogP contribution in [0.1, 0.15) is 48.4 Å². The molecule has 1 aromatic rings. The van der Waals surface area contributed by atoms with Crippen LogP contribution < -0.4 is 5.32 Å². The van der Waals surface area contributed by atoms with E-state index in [1.807, 2.05) is 11.3 Å². The smallest absolute Gasteiger partial charge is 0.0417 e. The summed E-state index contributed by atoms with van der Waals surface area (Å²) < 4.78 is 0. The zero-order valence-electron chi connectivity index (χ0n) is 9.75. The number of thiophene rings is 1. The Balaban J connectivity index is 1.96. The number of hydrogen-bond acceptors (Lipinski definition) is 2. The van der Waals surface area contributed by atoms with Gasteiger partial charge in [0.25, 0.3) is 0 Å². The first-order valence-corrected chi connectivity index (χ1v) is 6.91. The molecule has 1 nitrogen and oxygen atoms in total. The molecule has 1 aliphatic carbocycles. The molecule has 1 unspecified atom stereocenters. The highest BCUT2D eigenvalue weighted by Gasteiger charge is 2.26. The molecule has 2 rings (SSSR count). The first-order valence-electron chi connectivity index (χ1n) is 6.09. The minimum Gasteiger partial charge on any atom is -0.309 e. The third kappa shape index (κ3) is 3.32. The van der Waals surface area contributed by atoms with Crippen molar-refractivity contribution in [1.82, 2.24) is 5.32 Å². The summed E-state index contributed by atoms with van der Waals surface area (Å²) in [6.45, 7) is 5.58. The van der Waals surface area contributed by atoms with E-state index in [1.165, 1.54) is 35.4 Å². The van der Waals surface area contributed by atoms with Crippen molar-refractivity contribution in [2.75, 3.05) is 6.54 Å². The summed E-state index contributed by atoms with van der Waals surface area (Å²) in [7, 11) is 0. The van der Waals surface area contributed by atoms with Gasteiger partial charge >= 0.3 is 0 Å². The predicted molar refractivity (Wildman–Crippen MR) is 67.4 cm³/mol. The van der Waals surface area contributed by atoms with Gasteiger partial charge in [-0.2, -0.15) is 0 Å². The van der Waals surface area contributed by atoms with E-state index in [0.717, 1.165) is 12.5 Å². The molecule has 0 amide bonds. The molecule has 0 saturated heterocycles. The Morgan fingerprint density at radius 3 is 2.80 bits per heavy atom. The fourth-order valence-electron chi connectivity index (χ4n) is 1.95. The Labute approximate surface area is 96.9 Å². The van der Waals surface area contributed by atoms with E-state index in [2.05, 4.69) is 31.3 Å². The molecule has 1 atom stereocenters. The summed E-state index contributed by atoms with van der Waals surface area (Å²) in [5.41, 5.74) is 0. The van der Waals surface area contributed by atoms with E-state index in [1.54, 1.807) is 0 Å². The topological polar surface area (TPSA) is 12.0 Å². The van der Waals surface area contributed by atoms with Gasteiger partial charge in [0.05, 0.1) is 0 Å². The largest absolute Gasteiger partial charge is 0.309 e. The number of rotatable bonds is 6. The van der Waals surface area contributed by atoms with Gasteiger partial charge in [-0.05, 0) is 44.4 Å². The summed E-state index contributed by atoms with van der Waals surface area (Å²) in [5.74, 6) is 1.00. The normalized spacial score (nSPS) is 18.0. The van der Waals surface area contributed by atoms with Crippen LogP contribution in [0.4, 0.5) is 0 Å². The second-order valence-electron chi connectivity index (χ2n) is 4.63. The van der Waals surface area contributed by atoms with Gasteiger partial charge in [-0.15, -0.1) is 11.3 Å². The van der Waals surface area contributed by atoms with Crippen LogP contribution in [0.5, 0.6) is 0 Å². The highest BCUT2D eigenvalue weighted by atomic mass is 32.1. The Morgan fingerprint density at radius 2 is 2.27 bits per heavy atom. The maximum absolute atomic E-state index is 3.68. The van der Waals surface area contributed by atoms with Gasteiger partial charge < -0.3 is 5.32 Å². The van der Waals surface area contributed by atoms with Crippen molar-refractivity contribution >= 4 is 11.3 Å². The van der Waals surface area contributed by atoms with Crippen molar-refractivity contribution in [3.63, 3.8) is 0 Å². The van der Waals surface area contributed by atoms with E-state index in [-0.39, 0.29) is 0 Å². The Hall–Kier alpha value is -0.340. The molecule has 1 N–H and O–H groups in total. The van der Waals surface area contributed by atoms with Crippen LogP contribution in [0.3, 0.4) is 0 Å². The molecule has 0 spiro atoms. The van der Waals surface area contributed by atoms with Gasteiger partial charge in [-0.1, -0.05) is 19.8 Å². The van der Waals surface area contributed by atoms with Crippen LogP contribution in [0.25, 0.3) is 0 Å². The fraction of sp³-hybridized carbons (Fsp3) is 0.692. The van der Waals surface area contributed by atoms with Crippen LogP contribution in [-0.4, -0.2) is 6.54 Å². The molecule has 0 aromatic carbocycles. The Morgan fingerprint density at radius 1 is 1.47 bits per heavy atom. The monoisotopic (exact) mass is 223 g/mol. The maximum atomic E-state index is 3.68. The van der Waals surface area contributed by atoms with Crippen molar-refractivity contribution in [3.05, 3.63) is 21.9 Å². The van der Waals surface area contributed by atoms with Crippen LogP contribution in [-0.2, 0) is 0 Å². The summed E-state index contributed by atoms with van der Waals surface area (Å²) in [6.07, 6.45) is 5.48. The first-order chi connectivity index (χ1) is 7.29. The van der Waals surface area contributed by atoms with Gasteiger partial charge in [0, 0.05) is 15.8 Å². The zero-order chi connectivity index (χ0) is 10.7.